The van der Waals surface area contributed by atoms with E-state index in [1.165, 1.54) is 0 Å². The monoisotopic (exact) mass is 283 g/mol. The number of aromatic nitrogens is 1. The summed E-state index contributed by atoms with van der Waals surface area (Å²) < 4.78 is 1.91. The van der Waals surface area contributed by atoms with Gasteiger partial charge in [0.25, 0.3) is 5.91 Å². The summed E-state index contributed by atoms with van der Waals surface area (Å²) in [7, 11) is 4.02. The van der Waals surface area contributed by atoms with Crippen molar-refractivity contribution in [3.8, 4) is 0 Å². The maximum atomic E-state index is 12.9. The fourth-order valence-corrected chi connectivity index (χ4v) is 2.94. The molecule has 0 N–H and O–H groups in total. The summed E-state index contributed by atoms with van der Waals surface area (Å²) in [5, 5.41) is 0. The molecule has 0 spiro atoms. The third-order valence-electron chi connectivity index (χ3n) is 4.17. The average molecular weight is 283 g/mol. The van der Waals surface area contributed by atoms with E-state index in [0.717, 1.165) is 29.9 Å². The van der Waals surface area contributed by atoms with Gasteiger partial charge < -0.3 is 14.4 Å². The topological polar surface area (TPSA) is 28.5 Å². The van der Waals surface area contributed by atoms with E-state index >= 15 is 0 Å². The Morgan fingerprint density at radius 1 is 1.14 bits per heavy atom. The molecule has 0 bridgehead atoms. The van der Waals surface area contributed by atoms with Crippen molar-refractivity contribution in [2.45, 2.75) is 19.4 Å². The molecule has 1 aliphatic heterocycles. The SMILES string of the molecule is CC1CCN(C)c2ccccc2N1C(=O)c1ccn(C)c1. The quantitative estimate of drug-likeness (QED) is 0.805. The van der Waals surface area contributed by atoms with Crippen LogP contribution in [0, 0.1) is 0 Å². The highest BCUT2D eigenvalue weighted by Crippen LogP contribution is 2.34. The molecule has 1 amide bonds. The first kappa shape index (κ1) is 13.7. The van der Waals surface area contributed by atoms with E-state index in [1.54, 1.807) is 0 Å². The minimum atomic E-state index is 0.0749. The Morgan fingerprint density at radius 3 is 2.52 bits per heavy atom. The third kappa shape index (κ3) is 2.42. The van der Waals surface area contributed by atoms with Gasteiger partial charge >= 0.3 is 0 Å². The Hall–Kier alpha value is -2.23. The molecule has 0 radical (unpaired) electrons. The molecule has 2 heterocycles. The Labute approximate surface area is 125 Å². The number of carbonyl (C=O) groups excluding carboxylic acids is 1. The van der Waals surface area contributed by atoms with Gasteiger partial charge in [-0.1, -0.05) is 12.1 Å². The minimum absolute atomic E-state index is 0.0749. The van der Waals surface area contributed by atoms with Gasteiger partial charge in [-0.05, 0) is 31.5 Å². The average Bonchev–Trinajstić information content (AvgIpc) is 2.87. The van der Waals surface area contributed by atoms with Gasteiger partial charge in [0.15, 0.2) is 0 Å². The van der Waals surface area contributed by atoms with Crippen LogP contribution in [-0.4, -0.2) is 30.1 Å². The van der Waals surface area contributed by atoms with Gasteiger partial charge in [0.05, 0.1) is 16.9 Å². The smallest absolute Gasteiger partial charge is 0.260 e. The normalized spacial score (nSPS) is 18.3. The minimum Gasteiger partial charge on any atom is -0.373 e. The number of rotatable bonds is 1. The maximum absolute atomic E-state index is 12.9. The number of carbonyl (C=O) groups is 1. The first-order valence-electron chi connectivity index (χ1n) is 7.33. The number of para-hydroxylation sites is 2. The van der Waals surface area contributed by atoms with Gasteiger partial charge in [0, 0.05) is 39.1 Å². The summed E-state index contributed by atoms with van der Waals surface area (Å²) in [5.74, 6) is 0.0749. The molecule has 110 valence electrons. The van der Waals surface area contributed by atoms with E-state index in [2.05, 4.69) is 24.9 Å². The molecule has 1 aliphatic rings. The standard InChI is InChI=1S/C17H21N3O/c1-13-8-11-19(3)15-6-4-5-7-16(15)20(13)17(21)14-9-10-18(2)12-14/h4-7,9-10,12-13H,8,11H2,1-3H3. The van der Waals surface area contributed by atoms with Crippen molar-refractivity contribution < 1.29 is 4.79 Å². The molecule has 1 atom stereocenters. The van der Waals surface area contributed by atoms with Crippen molar-refractivity contribution in [1.29, 1.82) is 0 Å². The number of nitrogens with zero attached hydrogens (tertiary/aromatic N) is 3. The van der Waals surface area contributed by atoms with E-state index in [-0.39, 0.29) is 11.9 Å². The molecule has 0 saturated carbocycles. The van der Waals surface area contributed by atoms with Crippen LogP contribution in [0.4, 0.5) is 11.4 Å². The Kier molecular flexibility index (Phi) is 3.45. The molecular formula is C17H21N3O. The highest BCUT2D eigenvalue weighted by molar-refractivity contribution is 6.08. The molecule has 1 aromatic heterocycles. The number of anilines is 2. The predicted molar refractivity (Wildman–Crippen MR) is 86.0 cm³/mol. The van der Waals surface area contributed by atoms with Crippen LogP contribution in [-0.2, 0) is 7.05 Å². The summed E-state index contributed by atoms with van der Waals surface area (Å²) in [4.78, 5) is 17.1. The van der Waals surface area contributed by atoms with Crippen LogP contribution in [0.25, 0.3) is 0 Å². The third-order valence-corrected chi connectivity index (χ3v) is 4.17. The summed E-state index contributed by atoms with van der Waals surface area (Å²) in [6.45, 7) is 3.08. The van der Waals surface area contributed by atoms with E-state index in [0.29, 0.717) is 0 Å². The molecule has 3 rings (SSSR count). The van der Waals surface area contributed by atoms with Crippen LogP contribution in [0.2, 0.25) is 0 Å². The summed E-state index contributed by atoms with van der Waals surface area (Å²) >= 11 is 0. The molecule has 0 aliphatic carbocycles. The number of fused-ring (bicyclic) bond motifs is 1. The number of aryl methyl sites for hydroxylation is 1. The van der Waals surface area contributed by atoms with Gasteiger partial charge in [-0.25, -0.2) is 0 Å². The lowest BCUT2D eigenvalue weighted by atomic mass is 10.1. The van der Waals surface area contributed by atoms with E-state index in [1.807, 2.05) is 53.2 Å². The highest BCUT2D eigenvalue weighted by atomic mass is 16.2. The van der Waals surface area contributed by atoms with Crippen LogP contribution >= 0.6 is 0 Å². The first-order chi connectivity index (χ1) is 10.1. The Bertz CT molecular complexity index is 662. The van der Waals surface area contributed by atoms with Crippen molar-refractivity contribution in [2.75, 3.05) is 23.4 Å². The molecule has 1 aromatic carbocycles. The summed E-state index contributed by atoms with van der Waals surface area (Å²) in [6.07, 6.45) is 4.75. The van der Waals surface area contributed by atoms with Gasteiger partial charge in [-0.2, -0.15) is 0 Å². The molecule has 0 fully saturated rings. The van der Waals surface area contributed by atoms with E-state index < -0.39 is 0 Å². The van der Waals surface area contributed by atoms with Gasteiger partial charge in [-0.3, -0.25) is 4.79 Å². The largest absolute Gasteiger partial charge is 0.373 e. The second kappa shape index (κ2) is 5.28. The van der Waals surface area contributed by atoms with Crippen molar-refractivity contribution in [1.82, 2.24) is 4.57 Å². The predicted octanol–water partition coefficient (Wildman–Crippen LogP) is 2.90. The van der Waals surface area contributed by atoms with Crippen molar-refractivity contribution in [3.05, 3.63) is 48.3 Å². The zero-order valence-electron chi connectivity index (χ0n) is 12.8. The summed E-state index contributed by atoms with van der Waals surface area (Å²) in [6, 6.07) is 10.2. The number of hydrogen-bond acceptors (Lipinski definition) is 2. The van der Waals surface area contributed by atoms with Crippen LogP contribution in [0.15, 0.2) is 42.7 Å². The Morgan fingerprint density at radius 2 is 1.86 bits per heavy atom. The zero-order valence-corrected chi connectivity index (χ0v) is 12.8. The first-order valence-corrected chi connectivity index (χ1v) is 7.33. The lowest BCUT2D eigenvalue weighted by Gasteiger charge is -2.28. The number of hydrogen-bond donors (Lipinski definition) is 0. The zero-order chi connectivity index (χ0) is 15.0. The number of benzene rings is 1. The van der Waals surface area contributed by atoms with Crippen molar-refractivity contribution in [3.63, 3.8) is 0 Å². The van der Waals surface area contributed by atoms with Crippen LogP contribution in [0.1, 0.15) is 23.7 Å². The molecule has 4 heteroatoms. The number of amides is 1. The van der Waals surface area contributed by atoms with E-state index in [4.69, 9.17) is 0 Å². The Balaban J connectivity index is 2.06. The van der Waals surface area contributed by atoms with Crippen molar-refractivity contribution >= 4 is 17.3 Å². The van der Waals surface area contributed by atoms with Crippen LogP contribution < -0.4 is 9.80 Å². The molecule has 21 heavy (non-hydrogen) atoms. The second-order valence-electron chi connectivity index (χ2n) is 5.79. The molecule has 4 nitrogen and oxygen atoms in total. The van der Waals surface area contributed by atoms with Gasteiger partial charge in [0.1, 0.15) is 0 Å². The summed E-state index contributed by atoms with van der Waals surface area (Å²) in [5.41, 5.74) is 2.86. The van der Waals surface area contributed by atoms with Gasteiger partial charge in [-0.15, -0.1) is 0 Å². The fourth-order valence-electron chi connectivity index (χ4n) is 2.94. The fraction of sp³-hybridized carbons (Fsp3) is 0.353. The highest BCUT2D eigenvalue weighted by Gasteiger charge is 2.29. The van der Waals surface area contributed by atoms with Crippen LogP contribution in [0.5, 0.6) is 0 Å². The van der Waals surface area contributed by atoms with Gasteiger partial charge in [0.2, 0.25) is 0 Å². The second-order valence-corrected chi connectivity index (χ2v) is 5.79. The molecule has 0 saturated heterocycles. The lowest BCUT2D eigenvalue weighted by Crippen LogP contribution is -2.38. The van der Waals surface area contributed by atoms with E-state index in [9.17, 15) is 4.79 Å². The van der Waals surface area contributed by atoms with Crippen LogP contribution in [0.3, 0.4) is 0 Å². The maximum Gasteiger partial charge on any atom is 0.260 e. The molecule has 1 unspecified atom stereocenters. The molecular weight excluding hydrogens is 262 g/mol. The molecule has 2 aromatic rings. The lowest BCUT2D eigenvalue weighted by molar-refractivity contribution is 0.0978. The van der Waals surface area contributed by atoms with Crippen molar-refractivity contribution in [2.24, 2.45) is 7.05 Å².